The van der Waals surface area contributed by atoms with Crippen molar-refractivity contribution in [2.75, 3.05) is 13.2 Å². The Balaban J connectivity index is 4.52. The molecule has 6 nitrogen and oxygen atoms in total. The molecule has 1 unspecified atom stereocenters. The van der Waals surface area contributed by atoms with E-state index in [0.717, 1.165) is 103 Å². The molecule has 0 N–H and O–H groups in total. The van der Waals surface area contributed by atoms with Crippen molar-refractivity contribution < 1.29 is 28.6 Å². The highest BCUT2D eigenvalue weighted by molar-refractivity contribution is 5.71. The minimum Gasteiger partial charge on any atom is -0.462 e. The van der Waals surface area contributed by atoms with Crippen LogP contribution in [0.5, 0.6) is 0 Å². The molecule has 0 aromatic heterocycles. The number of unbranched alkanes of at least 4 members (excludes halogenated alkanes) is 19. The summed E-state index contributed by atoms with van der Waals surface area (Å²) in [5.41, 5.74) is 0. The van der Waals surface area contributed by atoms with Gasteiger partial charge in [-0.05, 0) is 109 Å². The molecule has 0 radical (unpaired) electrons. The zero-order valence-electron chi connectivity index (χ0n) is 39.7. The first kappa shape index (κ1) is 57.6. The maximum Gasteiger partial charge on any atom is 0.306 e. The van der Waals surface area contributed by atoms with Gasteiger partial charge < -0.3 is 14.2 Å². The Morgan fingerprint density at radius 2 is 0.656 bits per heavy atom. The Morgan fingerprint density at radius 1 is 0.344 bits per heavy atom. The molecule has 1 atom stereocenters. The van der Waals surface area contributed by atoms with E-state index in [-0.39, 0.29) is 37.5 Å². The van der Waals surface area contributed by atoms with Crippen LogP contribution in [-0.2, 0) is 28.6 Å². The Bertz CT molecular complexity index is 1200. The van der Waals surface area contributed by atoms with Gasteiger partial charge in [-0.25, -0.2) is 0 Å². The molecule has 0 aliphatic carbocycles. The van der Waals surface area contributed by atoms with Crippen molar-refractivity contribution in [2.45, 2.75) is 232 Å². The van der Waals surface area contributed by atoms with E-state index in [1.165, 1.54) is 77.0 Å². The van der Waals surface area contributed by atoms with Gasteiger partial charge in [0.15, 0.2) is 6.10 Å². The number of carbonyl (C=O) groups excluding carboxylic acids is 3. The first-order valence-corrected chi connectivity index (χ1v) is 25.1. The van der Waals surface area contributed by atoms with Crippen LogP contribution in [0.3, 0.4) is 0 Å². The summed E-state index contributed by atoms with van der Waals surface area (Å²) in [6.45, 7) is 6.42. The molecule has 0 aliphatic rings. The SMILES string of the molecule is CC/C=C\C/C=C\C/C=C\C/C=C\C/C=C\CCCC(=O)OCC(COC(=O)CCCCC/C=C\CCCCCCCC)OC(=O)CCCCC/C=C\CCCCCCCC. The second-order valence-corrected chi connectivity index (χ2v) is 16.3. The van der Waals surface area contributed by atoms with E-state index in [1.54, 1.807) is 0 Å². The van der Waals surface area contributed by atoms with Crippen LogP contribution >= 0.6 is 0 Å². The lowest BCUT2D eigenvalue weighted by molar-refractivity contribution is -0.167. The average Bonchev–Trinajstić information content (AvgIpc) is 3.26. The van der Waals surface area contributed by atoms with Gasteiger partial charge in [0.05, 0.1) is 0 Å². The van der Waals surface area contributed by atoms with Gasteiger partial charge in [0.2, 0.25) is 0 Å². The van der Waals surface area contributed by atoms with Crippen molar-refractivity contribution in [2.24, 2.45) is 0 Å². The van der Waals surface area contributed by atoms with Gasteiger partial charge in [-0.3, -0.25) is 14.4 Å². The summed E-state index contributed by atoms with van der Waals surface area (Å²) < 4.78 is 16.7. The quantitative estimate of drug-likeness (QED) is 0.0263. The highest BCUT2D eigenvalue weighted by atomic mass is 16.6. The summed E-state index contributed by atoms with van der Waals surface area (Å²) >= 11 is 0. The molecular weight excluding hydrogens is 757 g/mol. The van der Waals surface area contributed by atoms with Gasteiger partial charge >= 0.3 is 17.9 Å². The molecule has 0 aromatic rings. The molecule has 0 rings (SSSR count). The van der Waals surface area contributed by atoms with E-state index in [1.807, 2.05) is 0 Å². The van der Waals surface area contributed by atoms with E-state index < -0.39 is 6.10 Å². The first-order valence-electron chi connectivity index (χ1n) is 25.1. The summed E-state index contributed by atoms with van der Waals surface area (Å²) in [6.07, 6.45) is 62.9. The van der Waals surface area contributed by atoms with Gasteiger partial charge in [0.1, 0.15) is 13.2 Å². The van der Waals surface area contributed by atoms with Gasteiger partial charge in [-0.1, -0.05) is 183 Å². The van der Waals surface area contributed by atoms with Crippen LogP contribution in [-0.4, -0.2) is 37.2 Å². The van der Waals surface area contributed by atoms with Crippen LogP contribution in [0, 0.1) is 0 Å². The Labute approximate surface area is 375 Å². The van der Waals surface area contributed by atoms with Crippen molar-refractivity contribution >= 4 is 17.9 Å². The topological polar surface area (TPSA) is 78.9 Å². The van der Waals surface area contributed by atoms with Crippen molar-refractivity contribution in [1.82, 2.24) is 0 Å². The first-order chi connectivity index (χ1) is 30.0. The molecule has 0 amide bonds. The molecule has 0 heterocycles. The van der Waals surface area contributed by atoms with E-state index in [4.69, 9.17) is 14.2 Å². The minimum absolute atomic E-state index is 0.109. The second-order valence-electron chi connectivity index (χ2n) is 16.3. The molecule has 61 heavy (non-hydrogen) atoms. The van der Waals surface area contributed by atoms with Crippen molar-refractivity contribution in [3.63, 3.8) is 0 Å². The summed E-state index contributed by atoms with van der Waals surface area (Å²) in [4.78, 5) is 37.9. The predicted octanol–water partition coefficient (Wildman–Crippen LogP) is 16.4. The lowest BCUT2D eigenvalue weighted by Gasteiger charge is -2.18. The highest BCUT2D eigenvalue weighted by Crippen LogP contribution is 2.12. The van der Waals surface area contributed by atoms with Crippen LogP contribution in [0.15, 0.2) is 85.1 Å². The number of carbonyl (C=O) groups is 3. The zero-order valence-corrected chi connectivity index (χ0v) is 39.7. The Morgan fingerprint density at radius 3 is 1.08 bits per heavy atom. The molecule has 0 aromatic carbocycles. The van der Waals surface area contributed by atoms with E-state index in [2.05, 4.69) is 106 Å². The van der Waals surface area contributed by atoms with Crippen LogP contribution in [0.1, 0.15) is 226 Å². The van der Waals surface area contributed by atoms with Crippen LogP contribution < -0.4 is 0 Å². The summed E-state index contributed by atoms with van der Waals surface area (Å²) in [5, 5.41) is 0. The molecule has 0 aliphatic heterocycles. The largest absolute Gasteiger partial charge is 0.462 e. The number of esters is 3. The standard InChI is InChI=1S/C55H92O6/c1-4-7-10-13-16-19-22-25-26-27-28-31-33-36-39-42-45-48-54(57)60-51-52(61-55(58)49-46-43-40-37-34-30-24-21-18-15-12-9-6-3)50-59-53(56)47-44-41-38-35-32-29-23-20-17-14-11-8-5-2/h7,10,16,19,25-26,28-32,34,36,39,52H,4-6,8-9,11-15,17-18,20-24,27,33,35,37-38,40-51H2,1-3H3/b10-7-,19-16-,26-25-,31-28-,32-29-,34-30-,39-36-. The van der Waals surface area contributed by atoms with E-state index >= 15 is 0 Å². The molecule has 0 spiro atoms. The maximum atomic E-state index is 12.8. The van der Waals surface area contributed by atoms with Gasteiger partial charge in [0.25, 0.3) is 0 Å². The predicted molar refractivity (Wildman–Crippen MR) is 261 cm³/mol. The van der Waals surface area contributed by atoms with Gasteiger partial charge in [-0.2, -0.15) is 0 Å². The van der Waals surface area contributed by atoms with Crippen LogP contribution in [0.4, 0.5) is 0 Å². The number of ether oxygens (including phenoxy) is 3. The maximum absolute atomic E-state index is 12.8. The van der Waals surface area contributed by atoms with Crippen molar-refractivity contribution in [1.29, 1.82) is 0 Å². The molecule has 0 saturated carbocycles. The third kappa shape index (κ3) is 47.5. The molecule has 0 fully saturated rings. The van der Waals surface area contributed by atoms with Crippen LogP contribution in [0.2, 0.25) is 0 Å². The molecule has 6 heteroatoms. The third-order valence-corrected chi connectivity index (χ3v) is 10.4. The lowest BCUT2D eigenvalue weighted by atomic mass is 10.1. The third-order valence-electron chi connectivity index (χ3n) is 10.4. The van der Waals surface area contributed by atoms with E-state index in [9.17, 15) is 14.4 Å². The molecular formula is C55H92O6. The fourth-order valence-corrected chi connectivity index (χ4v) is 6.58. The van der Waals surface area contributed by atoms with Crippen molar-refractivity contribution in [3.8, 4) is 0 Å². The van der Waals surface area contributed by atoms with Gasteiger partial charge in [0, 0.05) is 19.3 Å². The van der Waals surface area contributed by atoms with Crippen molar-refractivity contribution in [3.05, 3.63) is 85.1 Å². The number of allylic oxidation sites excluding steroid dienone is 14. The highest BCUT2D eigenvalue weighted by Gasteiger charge is 2.19. The lowest BCUT2D eigenvalue weighted by Crippen LogP contribution is -2.30. The van der Waals surface area contributed by atoms with Gasteiger partial charge in [-0.15, -0.1) is 0 Å². The van der Waals surface area contributed by atoms with E-state index in [0.29, 0.717) is 19.3 Å². The fraction of sp³-hybridized carbons (Fsp3) is 0.691. The zero-order chi connectivity index (χ0) is 44.4. The fourth-order valence-electron chi connectivity index (χ4n) is 6.58. The number of rotatable bonds is 44. The molecule has 0 saturated heterocycles. The Kier molecular flexibility index (Phi) is 46.5. The number of hydrogen-bond acceptors (Lipinski definition) is 6. The number of hydrogen-bond donors (Lipinski definition) is 0. The van der Waals surface area contributed by atoms with Crippen LogP contribution in [0.25, 0.3) is 0 Å². The normalized spacial score (nSPS) is 12.8. The smallest absolute Gasteiger partial charge is 0.306 e. The summed E-state index contributed by atoms with van der Waals surface area (Å²) in [5.74, 6) is -1.00. The second kappa shape index (κ2) is 49.2. The summed E-state index contributed by atoms with van der Waals surface area (Å²) in [7, 11) is 0. The summed E-state index contributed by atoms with van der Waals surface area (Å²) in [6, 6.07) is 0. The molecule has 0 bridgehead atoms. The monoisotopic (exact) mass is 849 g/mol. The minimum atomic E-state index is -0.812. The Hall–Kier alpha value is -3.41. The average molecular weight is 849 g/mol. The molecule has 348 valence electrons.